The molecule has 7 heteroatoms. The van der Waals surface area contributed by atoms with Crippen LogP contribution in [0.2, 0.25) is 0 Å². The Labute approximate surface area is 145 Å². The van der Waals surface area contributed by atoms with E-state index in [0.717, 1.165) is 22.8 Å². The van der Waals surface area contributed by atoms with Crippen molar-refractivity contribution < 1.29 is 5.11 Å². The molecule has 3 N–H and O–H groups in total. The van der Waals surface area contributed by atoms with Crippen LogP contribution in [0, 0.1) is 13.8 Å². The van der Waals surface area contributed by atoms with Crippen molar-refractivity contribution in [2.75, 3.05) is 13.1 Å². The van der Waals surface area contributed by atoms with Crippen molar-refractivity contribution in [2.24, 2.45) is 4.99 Å². The molecule has 0 fully saturated rings. The van der Waals surface area contributed by atoms with Crippen LogP contribution in [0.15, 0.2) is 21.8 Å². The van der Waals surface area contributed by atoms with Crippen LogP contribution < -0.4 is 10.6 Å². The lowest BCUT2D eigenvalue weighted by molar-refractivity contribution is 0.0621. The normalized spacial score (nSPS) is 14.6. The minimum atomic E-state index is -0.926. The van der Waals surface area contributed by atoms with Crippen LogP contribution in [0.25, 0.3) is 0 Å². The first kappa shape index (κ1) is 17.9. The van der Waals surface area contributed by atoms with Gasteiger partial charge in [0.05, 0.1) is 18.8 Å². The third-order valence-corrected chi connectivity index (χ3v) is 5.27. The number of rotatable bonds is 6. The molecule has 1 atom stereocenters. The highest BCUT2D eigenvalue weighted by atomic mass is 32.1. The van der Waals surface area contributed by atoms with Crippen molar-refractivity contribution in [1.82, 2.24) is 15.6 Å². The zero-order chi connectivity index (χ0) is 16.9. The van der Waals surface area contributed by atoms with Gasteiger partial charge >= 0.3 is 0 Å². The molecule has 2 rings (SSSR count). The van der Waals surface area contributed by atoms with Gasteiger partial charge in [-0.2, -0.15) is 11.3 Å². The first-order valence-corrected chi connectivity index (χ1v) is 9.38. The lowest BCUT2D eigenvalue weighted by Crippen LogP contribution is -2.44. The van der Waals surface area contributed by atoms with Gasteiger partial charge in [-0.15, -0.1) is 11.3 Å². The number of aliphatic imine (C=N–C) groups is 1. The maximum Gasteiger partial charge on any atom is 0.191 e. The van der Waals surface area contributed by atoms with E-state index in [2.05, 4.69) is 27.5 Å². The van der Waals surface area contributed by atoms with Gasteiger partial charge in [-0.05, 0) is 50.1 Å². The SMILES string of the molecule is CCNC(=NCc1nc(C)c(C)s1)NCC(C)(O)c1ccsc1. The monoisotopic (exact) mass is 352 g/mol. The summed E-state index contributed by atoms with van der Waals surface area (Å²) >= 11 is 3.26. The standard InChI is InChI=1S/C16H24N4OS2/c1-5-17-15(18-8-14-20-11(2)12(3)23-14)19-10-16(4,21)13-6-7-22-9-13/h6-7,9,21H,5,8,10H2,1-4H3,(H2,17,18,19). The lowest BCUT2D eigenvalue weighted by Gasteiger charge is -2.24. The molecular weight excluding hydrogens is 328 g/mol. The molecule has 0 radical (unpaired) electrons. The number of thiophene rings is 1. The lowest BCUT2D eigenvalue weighted by atomic mass is 9.99. The van der Waals surface area contributed by atoms with Crippen LogP contribution in [0.1, 0.15) is 35.0 Å². The molecule has 5 nitrogen and oxygen atoms in total. The van der Waals surface area contributed by atoms with E-state index in [-0.39, 0.29) is 0 Å². The Morgan fingerprint density at radius 3 is 2.74 bits per heavy atom. The average Bonchev–Trinajstić information content (AvgIpc) is 3.13. The highest BCUT2D eigenvalue weighted by molar-refractivity contribution is 7.11. The average molecular weight is 353 g/mol. The van der Waals surface area contributed by atoms with E-state index in [0.29, 0.717) is 19.0 Å². The summed E-state index contributed by atoms with van der Waals surface area (Å²) in [4.78, 5) is 10.3. The summed E-state index contributed by atoms with van der Waals surface area (Å²) < 4.78 is 0. The van der Waals surface area contributed by atoms with Crippen LogP contribution in [-0.2, 0) is 12.1 Å². The van der Waals surface area contributed by atoms with Crippen molar-refractivity contribution in [3.05, 3.63) is 38.0 Å². The predicted octanol–water partition coefficient (Wildman–Crippen LogP) is 2.78. The number of thiazole rings is 1. The maximum absolute atomic E-state index is 10.6. The zero-order valence-corrected chi connectivity index (χ0v) is 15.6. The fourth-order valence-electron chi connectivity index (χ4n) is 2.02. The maximum atomic E-state index is 10.6. The summed E-state index contributed by atoms with van der Waals surface area (Å²) in [5.74, 6) is 0.688. The molecule has 0 spiro atoms. The summed E-state index contributed by atoms with van der Waals surface area (Å²) in [6.07, 6.45) is 0. The summed E-state index contributed by atoms with van der Waals surface area (Å²) in [6, 6.07) is 1.94. The topological polar surface area (TPSA) is 69.5 Å². The van der Waals surface area contributed by atoms with E-state index in [9.17, 15) is 5.11 Å². The minimum absolute atomic E-state index is 0.394. The Balaban J connectivity index is 1.99. The molecule has 2 aromatic rings. The molecule has 0 saturated carbocycles. The molecule has 0 aliphatic heterocycles. The van der Waals surface area contributed by atoms with E-state index in [1.807, 2.05) is 30.7 Å². The third kappa shape index (κ3) is 5.02. The summed E-state index contributed by atoms with van der Waals surface area (Å²) in [6.45, 7) is 9.61. The summed E-state index contributed by atoms with van der Waals surface area (Å²) in [5.41, 5.74) is 1.06. The fraction of sp³-hybridized carbons (Fsp3) is 0.500. The minimum Gasteiger partial charge on any atom is -0.384 e. The molecule has 0 aliphatic carbocycles. The molecule has 0 aromatic carbocycles. The van der Waals surface area contributed by atoms with Gasteiger partial charge in [0.1, 0.15) is 10.6 Å². The van der Waals surface area contributed by atoms with E-state index in [1.54, 1.807) is 29.6 Å². The Morgan fingerprint density at radius 2 is 2.17 bits per heavy atom. The second-order valence-corrected chi connectivity index (χ2v) is 7.65. The molecule has 2 heterocycles. The van der Waals surface area contributed by atoms with E-state index >= 15 is 0 Å². The van der Waals surface area contributed by atoms with E-state index in [1.165, 1.54) is 4.88 Å². The molecule has 2 aromatic heterocycles. The summed E-state index contributed by atoms with van der Waals surface area (Å²) in [5, 5.41) is 21.9. The van der Waals surface area contributed by atoms with Gasteiger partial charge in [0.15, 0.2) is 5.96 Å². The van der Waals surface area contributed by atoms with Crippen LogP contribution in [-0.4, -0.2) is 29.1 Å². The smallest absolute Gasteiger partial charge is 0.191 e. The quantitative estimate of drug-likeness (QED) is 0.552. The van der Waals surface area contributed by atoms with Crippen molar-refractivity contribution in [1.29, 1.82) is 0 Å². The molecular formula is C16H24N4OS2. The molecule has 1 unspecified atom stereocenters. The Morgan fingerprint density at radius 1 is 1.39 bits per heavy atom. The van der Waals surface area contributed by atoms with Crippen LogP contribution in [0.5, 0.6) is 0 Å². The van der Waals surface area contributed by atoms with Crippen molar-refractivity contribution in [2.45, 2.75) is 39.8 Å². The fourth-order valence-corrected chi connectivity index (χ4v) is 3.67. The Hall–Kier alpha value is -1.44. The number of nitrogens with zero attached hydrogens (tertiary/aromatic N) is 2. The molecule has 0 bridgehead atoms. The van der Waals surface area contributed by atoms with Crippen LogP contribution in [0.4, 0.5) is 0 Å². The van der Waals surface area contributed by atoms with Crippen molar-refractivity contribution in [3.8, 4) is 0 Å². The van der Waals surface area contributed by atoms with Gasteiger partial charge in [-0.25, -0.2) is 9.98 Å². The van der Waals surface area contributed by atoms with E-state index in [4.69, 9.17) is 0 Å². The van der Waals surface area contributed by atoms with Crippen LogP contribution in [0.3, 0.4) is 0 Å². The van der Waals surface area contributed by atoms with Crippen LogP contribution >= 0.6 is 22.7 Å². The Kier molecular flexibility index (Phi) is 6.15. The van der Waals surface area contributed by atoms with Gasteiger partial charge < -0.3 is 15.7 Å². The molecule has 0 saturated heterocycles. The van der Waals surface area contributed by atoms with Gasteiger partial charge in [0.2, 0.25) is 0 Å². The molecule has 126 valence electrons. The van der Waals surface area contributed by atoms with Gasteiger partial charge in [-0.1, -0.05) is 0 Å². The second-order valence-electron chi connectivity index (χ2n) is 5.58. The largest absolute Gasteiger partial charge is 0.384 e. The number of aromatic nitrogens is 1. The molecule has 0 aliphatic rings. The second kappa shape index (κ2) is 7.90. The Bertz CT molecular complexity index is 628. The number of nitrogens with one attached hydrogen (secondary N) is 2. The van der Waals surface area contributed by atoms with E-state index < -0.39 is 5.60 Å². The zero-order valence-electron chi connectivity index (χ0n) is 14.0. The van der Waals surface area contributed by atoms with Crippen molar-refractivity contribution in [3.63, 3.8) is 0 Å². The summed E-state index contributed by atoms with van der Waals surface area (Å²) in [7, 11) is 0. The number of aryl methyl sites for hydroxylation is 2. The number of guanidine groups is 1. The molecule has 23 heavy (non-hydrogen) atoms. The first-order valence-electron chi connectivity index (χ1n) is 7.62. The highest BCUT2D eigenvalue weighted by Gasteiger charge is 2.23. The van der Waals surface area contributed by atoms with Gasteiger partial charge in [0, 0.05) is 11.4 Å². The highest BCUT2D eigenvalue weighted by Crippen LogP contribution is 2.22. The first-order chi connectivity index (χ1) is 10.9. The number of hydrogen-bond acceptors (Lipinski definition) is 5. The number of hydrogen-bond donors (Lipinski definition) is 3. The number of aliphatic hydroxyl groups is 1. The van der Waals surface area contributed by atoms with Crippen molar-refractivity contribution >= 4 is 28.6 Å². The van der Waals surface area contributed by atoms with Gasteiger partial charge in [-0.3, -0.25) is 0 Å². The van der Waals surface area contributed by atoms with Gasteiger partial charge in [0.25, 0.3) is 0 Å². The molecule has 0 amide bonds. The third-order valence-electron chi connectivity index (χ3n) is 3.53. The predicted molar refractivity (Wildman–Crippen MR) is 98.3 cm³/mol.